The lowest BCUT2D eigenvalue weighted by molar-refractivity contribution is 0.590. The summed E-state index contributed by atoms with van der Waals surface area (Å²) in [5, 5.41) is 3.37. The molecule has 0 unspecified atom stereocenters. The number of rotatable bonds is 3. The van der Waals surface area contributed by atoms with Crippen molar-refractivity contribution in [1.29, 1.82) is 0 Å². The van der Waals surface area contributed by atoms with Crippen LogP contribution in [0.1, 0.15) is 0 Å². The third kappa shape index (κ3) is 2.92. The van der Waals surface area contributed by atoms with Crippen LogP contribution in [0.3, 0.4) is 0 Å². The summed E-state index contributed by atoms with van der Waals surface area (Å²) in [7, 11) is 0. The molecule has 1 fully saturated rings. The van der Waals surface area contributed by atoms with E-state index in [1.54, 1.807) is 12.1 Å². The number of nitrogens with zero attached hydrogens (tertiary/aromatic N) is 3. The van der Waals surface area contributed by atoms with Gasteiger partial charge in [0, 0.05) is 43.5 Å². The molecule has 0 bridgehead atoms. The predicted octanol–water partition coefficient (Wildman–Crippen LogP) is 3.14. The van der Waals surface area contributed by atoms with E-state index in [1.165, 1.54) is 18.0 Å². The van der Waals surface area contributed by atoms with Crippen LogP contribution in [0.4, 0.5) is 10.1 Å². The number of hydrogen-bond donors (Lipinski definition) is 1. The van der Waals surface area contributed by atoms with Gasteiger partial charge in [-0.2, -0.15) is 0 Å². The largest absolute Gasteiger partial charge is 0.366 e. The van der Waals surface area contributed by atoms with Crippen LogP contribution in [0.25, 0.3) is 11.0 Å². The SMILES string of the molecule is Fc1cccc(Sn2cc(N3CCNCC3)c3ncccc32)c1. The molecule has 2 aromatic heterocycles. The van der Waals surface area contributed by atoms with Crippen LogP contribution in [-0.4, -0.2) is 35.1 Å². The summed E-state index contributed by atoms with van der Waals surface area (Å²) >= 11 is 1.51. The van der Waals surface area contributed by atoms with Gasteiger partial charge in [0.1, 0.15) is 11.3 Å². The van der Waals surface area contributed by atoms with Crippen molar-refractivity contribution < 1.29 is 4.39 Å². The van der Waals surface area contributed by atoms with Gasteiger partial charge in [-0.1, -0.05) is 6.07 Å². The number of pyridine rings is 1. The van der Waals surface area contributed by atoms with E-state index in [9.17, 15) is 4.39 Å². The fraction of sp³-hybridized carbons (Fsp3) is 0.235. The zero-order valence-electron chi connectivity index (χ0n) is 12.6. The number of anilines is 1. The molecule has 0 amide bonds. The molecule has 0 aliphatic carbocycles. The maximum absolute atomic E-state index is 13.4. The monoisotopic (exact) mass is 328 g/mol. The number of nitrogens with one attached hydrogen (secondary N) is 1. The topological polar surface area (TPSA) is 33.1 Å². The van der Waals surface area contributed by atoms with Crippen molar-refractivity contribution in [2.75, 3.05) is 31.1 Å². The van der Waals surface area contributed by atoms with Crippen molar-refractivity contribution in [1.82, 2.24) is 14.3 Å². The minimum Gasteiger partial charge on any atom is -0.366 e. The van der Waals surface area contributed by atoms with Crippen LogP contribution in [-0.2, 0) is 0 Å². The molecule has 4 rings (SSSR count). The molecule has 118 valence electrons. The van der Waals surface area contributed by atoms with Crippen LogP contribution in [0, 0.1) is 5.82 Å². The first-order valence-corrected chi connectivity index (χ1v) is 8.44. The Morgan fingerprint density at radius 2 is 2.00 bits per heavy atom. The molecule has 0 radical (unpaired) electrons. The first-order valence-electron chi connectivity index (χ1n) is 7.67. The average Bonchev–Trinajstić information content (AvgIpc) is 2.95. The summed E-state index contributed by atoms with van der Waals surface area (Å²) < 4.78 is 15.5. The summed E-state index contributed by atoms with van der Waals surface area (Å²) in [5.41, 5.74) is 3.19. The van der Waals surface area contributed by atoms with Gasteiger partial charge >= 0.3 is 0 Å². The smallest absolute Gasteiger partial charge is 0.124 e. The van der Waals surface area contributed by atoms with Crippen molar-refractivity contribution in [3.8, 4) is 0 Å². The van der Waals surface area contributed by atoms with Crippen molar-refractivity contribution in [2.24, 2.45) is 0 Å². The second-order valence-electron chi connectivity index (χ2n) is 5.50. The maximum atomic E-state index is 13.4. The van der Waals surface area contributed by atoms with Crippen molar-refractivity contribution in [3.05, 3.63) is 54.6 Å². The van der Waals surface area contributed by atoms with Gasteiger partial charge in [-0.05, 0) is 42.3 Å². The second kappa shape index (κ2) is 6.22. The standard InChI is InChI=1S/C17H17FN4S/c18-13-3-1-4-14(11-13)23-22-12-16(21-9-7-19-8-10-21)17-15(22)5-2-6-20-17/h1-6,11-12,19H,7-10H2. The Morgan fingerprint density at radius 3 is 2.83 bits per heavy atom. The summed E-state index contributed by atoms with van der Waals surface area (Å²) in [6.07, 6.45) is 3.93. The van der Waals surface area contributed by atoms with Crippen LogP contribution in [0.2, 0.25) is 0 Å². The van der Waals surface area contributed by atoms with Gasteiger partial charge in [-0.3, -0.25) is 8.96 Å². The second-order valence-corrected chi connectivity index (χ2v) is 6.54. The Labute approximate surface area is 138 Å². The number of halogens is 1. The fourth-order valence-corrected chi connectivity index (χ4v) is 3.79. The van der Waals surface area contributed by atoms with Crippen LogP contribution in [0.5, 0.6) is 0 Å². The lowest BCUT2D eigenvalue weighted by Gasteiger charge is -2.28. The number of hydrogen-bond acceptors (Lipinski definition) is 4. The molecule has 3 heterocycles. The van der Waals surface area contributed by atoms with Gasteiger partial charge in [0.15, 0.2) is 0 Å². The zero-order valence-corrected chi connectivity index (χ0v) is 13.4. The van der Waals surface area contributed by atoms with Gasteiger partial charge in [-0.25, -0.2) is 4.39 Å². The lowest BCUT2D eigenvalue weighted by atomic mass is 10.3. The Morgan fingerprint density at radius 1 is 1.13 bits per heavy atom. The van der Waals surface area contributed by atoms with E-state index in [1.807, 2.05) is 18.3 Å². The van der Waals surface area contributed by atoms with Gasteiger partial charge < -0.3 is 10.2 Å². The molecule has 0 atom stereocenters. The van der Waals surface area contributed by atoms with Gasteiger partial charge in [0.2, 0.25) is 0 Å². The Kier molecular flexibility index (Phi) is 3.93. The third-order valence-electron chi connectivity index (χ3n) is 3.96. The van der Waals surface area contributed by atoms with E-state index in [-0.39, 0.29) is 5.82 Å². The lowest BCUT2D eigenvalue weighted by Crippen LogP contribution is -2.43. The first-order chi connectivity index (χ1) is 11.3. The fourth-order valence-electron chi connectivity index (χ4n) is 2.86. The summed E-state index contributed by atoms with van der Waals surface area (Å²) in [6, 6.07) is 10.7. The number of benzene rings is 1. The number of fused-ring (bicyclic) bond motifs is 1. The predicted molar refractivity (Wildman–Crippen MR) is 92.5 cm³/mol. The molecule has 23 heavy (non-hydrogen) atoms. The highest BCUT2D eigenvalue weighted by Gasteiger charge is 2.18. The van der Waals surface area contributed by atoms with E-state index in [0.29, 0.717) is 0 Å². The van der Waals surface area contributed by atoms with Crippen LogP contribution in [0.15, 0.2) is 53.7 Å². The minimum absolute atomic E-state index is 0.216. The molecule has 1 aliphatic rings. The molecular formula is C17H17FN4S. The molecule has 0 saturated carbocycles. The van der Waals surface area contributed by atoms with E-state index in [0.717, 1.165) is 47.8 Å². The molecule has 6 heteroatoms. The Bertz CT molecular complexity index is 826. The van der Waals surface area contributed by atoms with Crippen molar-refractivity contribution in [2.45, 2.75) is 4.90 Å². The molecule has 1 saturated heterocycles. The average molecular weight is 328 g/mol. The maximum Gasteiger partial charge on any atom is 0.124 e. The highest BCUT2D eigenvalue weighted by molar-refractivity contribution is 7.98. The van der Waals surface area contributed by atoms with E-state index >= 15 is 0 Å². The van der Waals surface area contributed by atoms with Crippen molar-refractivity contribution >= 4 is 28.7 Å². The van der Waals surface area contributed by atoms with Gasteiger partial charge in [0.25, 0.3) is 0 Å². The molecule has 3 aromatic rings. The highest BCUT2D eigenvalue weighted by Crippen LogP contribution is 2.33. The number of piperazine rings is 1. The first kappa shape index (κ1) is 14.5. The summed E-state index contributed by atoms with van der Waals surface area (Å²) in [4.78, 5) is 7.79. The molecule has 1 aliphatic heterocycles. The van der Waals surface area contributed by atoms with Gasteiger partial charge in [0.05, 0.1) is 11.2 Å². The molecule has 1 N–H and O–H groups in total. The Hall–Kier alpha value is -2.05. The zero-order chi connectivity index (χ0) is 15.6. The van der Waals surface area contributed by atoms with E-state index < -0.39 is 0 Å². The normalized spacial score (nSPS) is 15.3. The van der Waals surface area contributed by atoms with E-state index in [2.05, 4.69) is 31.4 Å². The van der Waals surface area contributed by atoms with Crippen molar-refractivity contribution in [3.63, 3.8) is 0 Å². The molecule has 4 nitrogen and oxygen atoms in total. The molecule has 1 aromatic carbocycles. The van der Waals surface area contributed by atoms with Crippen LogP contribution < -0.4 is 10.2 Å². The van der Waals surface area contributed by atoms with Crippen LogP contribution >= 0.6 is 11.9 Å². The highest BCUT2D eigenvalue weighted by atomic mass is 32.2. The minimum atomic E-state index is -0.216. The van der Waals surface area contributed by atoms with Gasteiger partial charge in [-0.15, -0.1) is 0 Å². The summed E-state index contributed by atoms with van der Waals surface area (Å²) in [5.74, 6) is -0.216. The quantitative estimate of drug-likeness (QED) is 0.801. The van der Waals surface area contributed by atoms with E-state index in [4.69, 9.17) is 0 Å². The molecular weight excluding hydrogens is 311 g/mol. The number of aromatic nitrogens is 2. The summed E-state index contributed by atoms with van der Waals surface area (Å²) in [6.45, 7) is 3.91. The third-order valence-corrected chi connectivity index (χ3v) is 4.93. The Balaban J connectivity index is 1.74. The molecule has 0 spiro atoms.